The lowest BCUT2D eigenvalue weighted by molar-refractivity contribution is -0.123. The van der Waals surface area contributed by atoms with E-state index >= 15 is 0 Å². The first-order valence-electron chi connectivity index (χ1n) is 8.84. The van der Waals surface area contributed by atoms with Crippen molar-refractivity contribution in [3.05, 3.63) is 96.6 Å². The van der Waals surface area contributed by atoms with Crippen LogP contribution in [0.25, 0.3) is 11.5 Å². The van der Waals surface area contributed by atoms with Gasteiger partial charge in [0.2, 0.25) is 18.4 Å². The Morgan fingerprint density at radius 2 is 1.69 bits per heavy atom. The minimum atomic E-state index is -0.893. The van der Waals surface area contributed by atoms with E-state index in [0.717, 1.165) is 5.56 Å². The lowest BCUT2D eigenvalue weighted by Gasteiger charge is -2.19. The van der Waals surface area contributed by atoms with E-state index in [4.69, 9.17) is 9.15 Å². The SMILES string of the molecule is O=C(Nc1ccc(F)cc1)[C@@H](Oc1ccc(-c2nnco2)cc1)c1ccccc1. The summed E-state index contributed by atoms with van der Waals surface area (Å²) in [5.41, 5.74) is 1.91. The summed E-state index contributed by atoms with van der Waals surface area (Å²) in [5.74, 6) is 0.144. The van der Waals surface area contributed by atoms with Crippen molar-refractivity contribution in [2.45, 2.75) is 6.10 Å². The van der Waals surface area contributed by atoms with Crippen LogP contribution in [0.5, 0.6) is 5.75 Å². The van der Waals surface area contributed by atoms with Gasteiger partial charge in [-0.3, -0.25) is 4.79 Å². The molecule has 144 valence electrons. The van der Waals surface area contributed by atoms with E-state index in [-0.39, 0.29) is 11.7 Å². The number of ether oxygens (including phenoxy) is 1. The molecular formula is C22H16FN3O3. The Bertz CT molecular complexity index is 1070. The lowest BCUT2D eigenvalue weighted by atomic mass is 10.1. The normalized spacial score (nSPS) is 11.6. The number of amides is 1. The van der Waals surface area contributed by atoms with Gasteiger partial charge in [-0.15, -0.1) is 10.2 Å². The molecule has 0 saturated carbocycles. The molecule has 0 bridgehead atoms. The number of hydrogen-bond acceptors (Lipinski definition) is 5. The van der Waals surface area contributed by atoms with Crippen LogP contribution < -0.4 is 10.1 Å². The van der Waals surface area contributed by atoms with Crippen LogP contribution in [0.4, 0.5) is 10.1 Å². The van der Waals surface area contributed by atoms with Crippen LogP contribution in [0.15, 0.2) is 89.7 Å². The van der Waals surface area contributed by atoms with Crippen molar-refractivity contribution in [2.75, 3.05) is 5.32 Å². The number of nitrogens with zero attached hydrogens (tertiary/aromatic N) is 2. The number of nitrogens with one attached hydrogen (secondary N) is 1. The van der Waals surface area contributed by atoms with Gasteiger partial charge in [0.1, 0.15) is 11.6 Å². The van der Waals surface area contributed by atoms with E-state index < -0.39 is 6.10 Å². The molecule has 0 aliphatic rings. The molecule has 0 aliphatic heterocycles. The molecule has 1 aromatic heterocycles. The van der Waals surface area contributed by atoms with Crippen LogP contribution in [0.2, 0.25) is 0 Å². The van der Waals surface area contributed by atoms with Gasteiger partial charge >= 0.3 is 0 Å². The fraction of sp³-hybridized carbons (Fsp3) is 0.0455. The lowest BCUT2D eigenvalue weighted by Crippen LogP contribution is -2.25. The molecule has 0 saturated heterocycles. The number of benzene rings is 3. The number of anilines is 1. The molecule has 29 heavy (non-hydrogen) atoms. The number of carbonyl (C=O) groups excluding carboxylic acids is 1. The summed E-state index contributed by atoms with van der Waals surface area (Å²) in [6.07, 6.45) is 0.362. The second-order valence-corrected chi connectivity index (χ2v) is 6.17. The van der Waals surface area contributed by atoms with Gasteiger partial charge in [0.05, 0.1) is 0 Å². The van der Waals surface area contributed by atoms with E-state index in [1.807, 2.05) is 30.3 Å². The standard InChI is InChI=1S/C22H16FN3O3/c23-17-8-10-18(11-9-17)25-21(27)20(15-4-2-1-3-5-15)29-19-12-6-16(7-13-19)22-26-24-14-28-22/h1-14,20H,(H,25,27)/t20-/m0/s1. The van der Waals surface area contributed by atoms with E-state index in [0.29, 0.717) is 22.9 Å². The van der Waals surface area contributed by atoms with Crippen LogP contribution in [-0.4, -0.2) is 16.1 Å². The van der Waals surface area contributed by atoms with Crippen molar-refractivity contribution in [1.82, 2.24) is 10.2 Å². The highest BCUT2D eigenvalue weighted by Gasteiger charge is 2.23. The zero-order valence-electron chi connectivity index (χ0n) is 15.2. The molecule has 0 radical (unpaired) electrons. The van der Waals surface area contributed by atoms with Gasteiger partial charge < -0.3 is 14.5 Å². The first-order valence-corrected chi connectivity index (χ1v) is 8.84. The smallest absolute Gasteiger partial charge is 0.270 e. The molecule has 0 spiro atoms. The van der Waals surface area contributed by atoms with E-state index in [1.54, 1.807) is 24.3 Å². The summed E-state index contributed by atoms with van der Waals surface area (Å²) in [5, 5.41) is 10.3. The van der Waals surface area contributed by atoms with Gasteiger partial charge in [0.25, 0.3) is 5.91 Å². The van der Waals surface area contributed by atoms with Crippen LogP contribution in [0, 0.1) is 5.82 Å². The summed E-state index contributed by atoms with van der Waals surface area (Å²) in [6.45, 7) is 0. The zero-order chi connectivity index (χ0) is 20.1. The van der Waals surface area contributed by atoms with Gasteiger partial charge in [-0.05, 0) is 48.5 Å². The summed E-state index contributed by atoms with van der Waals surface area (Å²) >= 11 is 0. The maximum absolute atomic E-state index is 13.1. The Morgan fingerprint density at radius 1 is 0.966 bits per heavy atom. The number of hydrogen-bond donors (Lipinski definition) is 1. The number of halogens is 1. The van der Waals surface area contributed by atoms with Crippen molar-refractivity contribution < 1.29 is 18.3 Å². The Balaban J connectivity index is 1.56. The van der Waals surface area contributed by atoms with Crippen molar-refractivity contribution in [1.29, 1.82) is 0 Å². The van der Waals surface area contributed by atoms with Crippen LogP contribution in [-0.2, 0) is 4.79 Å². The van der Waals surface area contributed by atoms with Gasteiger partial charge in [0.15, 0.2) is 0 Å². The molecule has 7 heteroatoms. The first-order chi connectivity index (χ1) is 14.2. The Morgan fingerprint density at radius 3 is 2.34 bits per heavy atom. The molecule has 1 amide bonds. The third-order valence-corrected chi connectivity index (χ3v) is 4.17. The van der Waals surface area contributed by atoms with Crippen LogP contribution in [0.1, 0.15) is 11.7 Å². The Kier molecular flexibility index (Phi) is 5.29. The fourth-order valence-electron chi connectivity index (χ4n) is 2.75. The predicted octanol–water partition coefficient (Wildman–Crippen LogP) is 4.63. The average molecular weight is 389 g/mol. The number of rotatable bonds is 6. The van der Waals surface area contributed by atoms with E-state index in [9.17, 15) is 9.18 Å². The van der Waals surface area contributed by atoms with Crippen LogP contribution >= 0.6 is 0 Å². The Labute approximate surface area is 166 Å². The van der Waals surface area contributed by atoms with Gasteiger partial charge in [-0.25, -0.2) is 4.39 Å². The largest absolute Gasteiger partial charge is 0.476 e. The number of aromatic nitrogens is 2. The quantitative estimate of drug-likeness (QED) is 0.520. The maximum atomic E-state index is 13.1. The summed E-state index contributed by atoms with van der Waals surface area (Å²) in [4.78, 5) is 12.9. The minimum Gasteiger partial charge on any atom is -0.476 e. The van der Waals surface area contributed by atoms with E-state index in [2.05, 4.69) is 15.5 Å². The number of carbonyl (C=O) groups is 1. The topological polar surface area (TPSA) is 77.2 Å². The van der Waals surface area contributed by atoms with E-state index in [1.165, 1.54) is 30.7 Å². The van der Waals surface area contributed by atoms with Crippen molar-refractivity contribution in [3.63, 3.8) is 0 Å². The minimum absolute atomic E-state index is 0.371. The molecule has 1 N–H and O–H groups in total. The van der Waals surface area contributed by atoms with Crippen molar-refractivity contribution in [3.8, 4) is 17.2 Å². The predicted molar refractivity (Wildman–Crippen MR) is 105 cm³/mol. The molecule has 0 fully saturated rings. The second-order valence-electron chi connectivity index (χ2n) is 6.17. The molecule has 4 rings (SSSR count). The summed E-state index contributed by atoms with van der Waals surface area (Å²) in [7, 11) is 0. The molecule has 1 heterocycles. The second kappa shape index (κ2) is 8.35. The summed E-state index contributed by atoms with van der Waals surface area (Å²) in [6, 6.07) is 21.7. The highest BCUT2D eigenvalue weighted by atomic mass is 19.1. The van der Waals surface area contributed by atoms with Gasteiger partial charge in [0, 0.05) is 16.8 Å². The first kappa shape index (κ1) is 18.4. The summed E-state index contributed by atoms with van der Waals surface area (Å²) < 4.78 is 24.3. The van der Waals surface area contributed by atoms with Crippen LogP contribution in [0.3, 0.4) is 0 Å². The Hall–Kier alpha value is -4.00. The maximum Gasteiger partial charge on any atom is 0.270 e. The molecule has 6 nitrogen and oxygen atoms in total. The highest BCUT2D eigenvalue weighted by Crippen LogP contribution is 2.26. The van der Waals surface area contributed by atoms with Crippen molar-refractivity contribution >= 4 is 11.6 Å². The molecule has 4 aromatic rings. The molecular weight excluding hydrogens is 373 g/mol. The third kappa shape index (κ3) is 4.47. The van der Waals surface area contributed by atoms with Gasteiger partial charge in [-0.2, -0.15) is 0 Å². The monoisotopic (exact) mass is 389 g/mol. The van der Waals surface area contributed by atoms with Gasteiger partial charge in [-0.1, -0.05) is 30.3 Å². The molecule has 3 aromatic carbocycles. The average Bonchev–Trinajstić information content (AvgIpc) is 3.29. The fourth-order valence-corrected chi connectivity index (χ4v) is 2.75. The molecule has 1 atom stereocenters. The van der Waals surface area contributed by atoms with Crippen molar-refractivity contribution in [2.24, 2.45) is 0 Å². The third-order valence-electron chi connectivity index (χ3n) is 4.17. The zero-order valence-corrected chi connectivity index (χ0v) is 15.2. The highest BCUT2D eigenvalue weighted by molar-refractivity contribution is 5.95. The molecule has 0 unspecified atom stereocenters. The molecule has 0 aliphatic carbocycles.